The van der Waals surface area contributed by atoms with Gasteiger partial charge in [-0.1, -0.05) is 13.8 Å². The number of aromatic hydroxyl groups is 1. The molecule has 1 N–H and O–H groups in total. The zero-order valence-corrected chi connectivity index (χ0v) is 8.78. The van der Waals surface area contributed by atoms with Crippen molar-refractivity contribution in [3.63, 3.8) is 0 Å². The van der Waals surface area contributed by atoms with Gasteiger partial charge in [-0.3, -0.25) is 0 Å². The quantitative estimate of drug-likeness (QED) is 0.736. The summed E-state index contributed by atoms with van der Waals surface area (Å²) >= 11 is 0. The number of phenols is 1. The molecule has 78 valence electrons. The molecule has 0 spiro atoms. The van der Waals surface area contributed by atoms with Gasteiger partial charge >= 0.3 is 0 Å². The summed E-state index contributed by atoms with van der Waals surface area (Å²) in [5.74, 6) is -1.96. The van der Waals surface area contributed by atoms with Gasteiger partial charge in [0.05, 0.1) is 0 Å². The van der Waals surface area contributed by atoms with Crippen LogP contribution in [-0.4, -0.2) is 5.11 Å². The minimum atomic E-state index is -0.954. The first-order valence-electron chi connectivity index (χ1n) is 4.54. The van der Waals surface area contributed by atoms with E-state index in [1.54, 1.807) is 0 Å². The third kappa shape index (κ3) is 1.47. The molecular formula is C11H14F2O. The van der Waals surface area contributed by atoms with E-state index in [-0.39, 0.29) is 22.8 Å². The Labute approximate surface area is 82.4 Å². The van der Waals surface area contributed by atoms with Crippen molar-refractivity contribution in [1.29, 1.82) is 0 Å². The lowest BCUT2D eigenvalue weighted by atomic mass is 9.94. The highest BCUT2D eigenvalue weighted by atomic mass is 19.2. The van der Waals surface area contributed by atoms with Crippen LogP contribution < -0.4 is 0 Å². The minimum Gasteiger partial charge on any atom is -0.507 e. The van der Waals surface area contributed by atoms with Gasteiger partial charge < -0.3 is 5.11 Å². The Hall–Kier alpha value is -1.12. The fraction of sp³-hybridized carbons (Fsp3) is 0.455. The van der Waals surface area contributed by atoms with Crippen LogP contribution in [0.5, 0.6) is 5.75 Å². The van der Waals surface area contributed by atoms with Gasteiger partial charge in [0, 0.05) is 11.1 Å². The molecule has 0 unspecified atom stereocenters. The van der Waals surface area contributed by atoms with Gasteiger partial charge in [0.2, 0.25) is 0 Å². The molecule has 1 nitrogen and oxygen atoms in total. The monoisotopic (exact) mass is 200 g/mol. The van der Waals surface area contributed by atoms with Crippen molar-refractivity contribution in [1.82, 2.24) is 0 Å². The van der Waals surface area contributed by atoms with Gasteiger partial charge in [-0.05, 0) is 25.3 Å². The summed E-state index contributed by atoms with van der Waals surface area (Å²) in [6.45, 7) is 6.52. The van der Waals surface area contributed by atoms with E-state index in [1.165, 1.54) is 13.8 Å². The normalized spacial score (nSPS) is 11.1. The summed E-state index contributed by atoms with van der Waals surface area (Å²) in [7, 11) is 0. The van der Waals surface area contributed by atoms with E-state index < -0.39 is 11.6 Å². The first kappa shape index (κ1) is 11.0. The molecule has 0 aliphatic carbocycles. The van der Waals surface area contributed by atoms with E-state index in [9.17, 15) is 13.9 Å². The maximum absolute atomic E-state index is 13.3. The maximum atomic E-state index is 13.3. The molecule has 0 aliphatic heterocycles. The highest BCUT2D eigenvalue weighted by Crippen LogP contribution is 2.35. The second-order valence-corrected chi connectivity index (χ2v) is 3.79. The Morgan fingerprint density at radius 3 is 1.86 bits per heavy atom. The fourth-order valence-corrected chi connectivity index (χ4v) is 1.64. The molecule has 0 atom stereocenters. The van der Waals surface area contributed by atoms with E-state index in [0.29, 0.717) is 5.56 Å². The number of rotatable bonds is 1. The molecule has 0 bridgehead atoms. The van der Waals surface area contributed by atoms with E-state index in [2.05, 4.69) is 0 Å². The molecule has 0 saturated carbocycles. The fourth-order valence-electron chi connectivity index (χ4n) is 1.64. The number of halogens is 2. The van der Waals surface area contributed by atoms with Crippen molar-refractivity contribution >= 4 is 0 Å². The van der Waals surface area contributed by atoms with Gasteiger partial charge in [-0.15, -0.1) is 0 Å². The molecule has 3 heteroatoms. The summed E-state index contributed by atoms with van der Waals surface area (Å²) in [4.78, 5) is 0. The van der Waals surface area contributed by atoms with Crippen LogP contribution in [0.15, 0.2) is 0 Å². The zero-order valence-electron chi connectivity index (χ0n) is 8.78. The van der Waals surface area contributed by atoms with Crippen molar-refractivity contribution in [3.05, 3.63) is 28.3 Å². The summed E-state index contributed by atoms with van der Waals surface area (Å²) in [5, 5.41) is 9.65. The summed E-state index contributed by atoms with van der Waals surface area (Å²) in [5.41, 5.74) is 0.666. The Balaban J connectivity index is 3.60. The largest absolute Gasteiger partial charge is 0.507 e. The third-order valence-electron chi connectivity index (χ3n) is 2.44. The van der Waals surface area contributed by atoms with Crippen molar-refractivity contribution < 1.29 is 13.9 Å². The molecule has 0 fully saturated rings. The first-order valence-corrected chi connectivity index (χ1v) is 4.54. The Morgan fingerprint density at radius 1 is 1.00 bits per heavy atom. The van der Waals surface area contributed by atoms with Crippen LogP contribution in [0.2, 0.25) is 0 Å². The lowest BCUT2D eigenvalue weighted by Gasteiger charge is -2.15. The van der Waals surface area contributed by atoms with Crippen LogP contribution in [0.1, 0.15) is 36.5 Å². The molecule has 0 aliphatic rings. The average molecular weight is 200 g/mol. The molecular weight excluding hydrogens is 186 g/mol. The Bertz CT molecular complexity index is 341. The van der Waals surface area contributed by atoms with E-state index in [1.807, 2.05) is 13.8 Å². The second kappa shape index (κ2) is 3.56. The number of hydrogen-bond acceptors (Lipinski definition) is 1. The zero-order chi connectivity index (χ0) is 11.0. The molecule has 1 aromatic carbocycles. The van der Waals surface area contributed by atoms with Crippen LogP contribution in [0.3, 0.4) is 0 Å². The predicted molar refractivity (Wildman–Crippen MR) is 51.6 cm³/mol. The molecule has 0 saturated heterocycles. The number of benzene rings is 1. The molecule has 1 aromatic rings. The smallest absolute Gasteiger partial charge is 0.165 e. The second-order valence-electron chi connectivity index (χ2n) is 3.79. The van der Waals surface area contributed by atoms with E-state index in [0.717, 1.165) is 0 Å². The van der Waals surface area contributed by atoms with Crippen LogP contribution >= 0.6 is 0 Å². The van der Waals surface area contributed by atoms with Crippen LogP contribution in [0, 0.1) is 25.5 Å². The minimum absolute atomic E-state index is 0.0169. The highest BCUT2D eigenvalue weighted by Gasteiger charge is 2.20. The predicted octanol–water partition coefficient (Wildman–Crippen LogP) is 3.41. The molecule has 0 amide bonds. The van der Waals surface area contributed by atoms with Crippen LogP contribution in [0.4, 0.5) is 8.78 Å². The van der Waals surface area contributed by atoms with Crippen LogP contribution in [0.25, 0.3) is 0 Å². The topological polar surface area (TPSA) is 20.2 Å². The van der Waals surface area contributed by atoms with Gasteiger partial charge in [-0.25, -0.2) is 8.78 Å². The Morgan fingerprint density at radius 2 is 1.43 bits per heavy atom. The molecule has 0 heterocycles. The van der Waals surface area contributed by atoms with Crippen molar-refractivity contribution in [3.8, 4) is 5.75 Å². The third-order valence-corrected chi connectivity index (χ3v) is 2.44. The van der Waals surface area contributed by atoms with Crippen molar-refractivity contribution in [2.45, 2.75) is 33.6 Å². The molecule has 14 heavy (non-hydrogen) atoms. The molecule has 0 radical (unpaired) electrons. The Kier molecular flexibility index (Phi) is 2.79. The summed E-state index contributed by atoms with van der Waals surface area (Å²) in [6, 6.07) is 0. The summed E-state index contributed by atoms with van der Waals surface area (Å²) in [6.07, 6.45) is 0. The van der Waals surface area contributed by atoms with Gasteiger partial charge in [0.1, 0.15) is 5.75 Å². The van der Waals surface area contributed by atoms with Crippen molar-refractivity contribution in [2.24, 2.45) is 0 Å². The van der Waals surface area contributed by atoms with Crippen LogP contribution in [-0.2, 0) is 0 Å². The van der Waals surface area contributed by atoms with Crippen molar-refractivity contribution in [2.75, 3.05) is 0 Å². The van der Waals surface area contributed by atoms with Gasteiger partial charge in [0.15, 0.2) is 11.6 Å². The highest BCUT2D eigenvalue weighted by molar-refractivity contribution is 5.47. The maximum Gasteiger partial charge on any atom is 0.165 e. The van der Waals surface area contributed by atoms with Gasteiger partial charge in [-0.2, -0.15) is 0 Å². The molecule has 0 aromatic heterocycles. The summed E-state index contributed by atoms with van der Waals surface area (Å²) < 4.78 is 26.5. The molecule has 1 rings (SSSR count). The van der Waals surface area contributed by atoms with E-state index >= 15 is 0 Å². The lowest BCUT2D eigenvalue weighted by Crippen LogP contribution is -2.02. The number of phenolic OH excluding ortho intramolecular Hbond substituents is 1. The average Bonchev–Trinajstić information content (AvgIpc) is 2.11. The van der Waals surface area contributed by atoms with E-state index in [4.69, 9.17) is 0 Å². The first-order chi connectivity index (χ1) is 6.37. The standard InChI is InChI=1S/C11H14F2O/c1-5(2)8-6(3)9(12)10(13)7(4)11(8)14/h5,14H,1-4H3. The van der Waals surface area contributed by atoms with Gasteiger partial charge in [0.25, 0.3) is 0 Å². The SMILES string of the molecule is Cc1c(O)c(C(C)C)c(C)c(F)c1F. The number of hydrogen-bond donors (Lipinski definition) is 1. The lowest BCUT2D eigenvalue weighted by molar-refractivity contribution is 0.433.